The van der Waals surface area contributed by atoms with E-state index in [-0.39, 0.29) is 24.0 Å². The second-order valence-corrected chi connectivity index (χ2v) is 8.09. The molecule has 0 amide bonds. The highest BCUT2D eigenvalue weighted by Crippen LogP contribution is 2.46. The van der Waals surface area contributed by atoms with Gasteiger partial charge in [0.05, 0.1) is 17.7 Å². The van der Waals surface area contributed by atoms with Crippen molar-refractivity contribution >= 4 is 11.9 Å². The molecule has 2 N–H and O–H groups in total. The van der Waals surface area contributed by atoms with E-state index in [2.05, 4.69) is 4.98 Å². The van der Waals surface area contributed by atoms with E-state index < -0.39 is 17.8 Å². The van der Waals surface area contributed by atoms with Crippen molar-refractivity contribution in [3.05, 3.63) is 82.4 Å². The lowest BCUT2D eigenvalue weighted by molar-refractivity contribution is -0.138. The molecule has 164 valence electrons. The van der Waals surface area contributed by atoms with Gasteiger partial charge < -0.3 is 14.9 Å². The molecule has 1 aliphatic rings. The van der Waals surface area contributed by atoms with Crippen LogP contribution in [0.2, 0.25) is 0 Å². The van der Waals surface area contributed by atoms with E-state index in [9.17, 15) is 19.1 Å². The number of carbonyl (C=O) groups is 2. The minimum Gasteiger partial charge on any atom is -0.487 e. The Balaban J connectivity index is 1.51. The largest absolute Gasteiger partial charge is 0.487 e. The predicted molar refractivity (Wildman–Crippen MR) is 115 cm³/mol. The topological polar surface area (TPSA) is 96.7 Å². The number of benzene rings is 2. The highest BCUT2D eigenvalue weighted by atomic mass is 19.1. The number of hydrogen-bond donors (Lipinski definition) is 2. The van der Waals surface area contributed by atoms with Crippen LogP contribution in [-0.2, 0) is 11.4 Å². The quantitative estimate of drug-likeness (QED) is 0.544. The summed E-state index contributed by atoms with van der Waals surface area (Å²) in [5.74, 6) is -2.18. The molecule has 1 aromatic heterocycles. The number of aromatic nitrogens is 1. The number of carboxylic acid groups (broad SMARTS) is 2. The Hall–Kier alpha value is -3.74. The molecule has 0 unspecified atom stereocenters. The SMILES string of the molecule is Cc1cc(C(=O)O)cc(C)c1-c1ccc(F)c(COc2ccc([C@H]3C[C@@H]3C(=O)O)nc2)c1. The van der Waals surface area contributed by atoms with Crippen molar-refractivity contribution in [2.75, 3.05) is 0 Å². The zero-order valence-corrected chi connectivity index (χ0v) is 17.6. The van der Waals surface area contributed by atoms with Gasteiger partial charge in [0.2, 0.25) is 0 Å². The van der Waals surface area contributed by atoms with Gasteiger partial charge in [-0.2, -0.15) is 0 Å². The summed E-state index contributed by atoms with van der Waals surface area (Å²) in [4.78, 5) is 26.6. The fourth-order valence-corrected chi connectivity index (χ4v) is 4.04. The molecule has 1 fully saturated rings. The Morgan fingerprint density at radius 2 is 1.81 bits per heavy atom. The lowest BCUT2D eigenvalue weighted by Gasteiger charge is -2.14. The third-order valence-corrected chi connectivity index (χ3v) is 5.76. The standard InChI is InChI=1S/C25H22FNO5/c1-13-7-16(24(28)29)8-14(2)23(13)15-3-5-21(26)17(9-15)12-32-18-4-6-22(27-11-18)19-10-20(19)25(30)31/h3-9,11,19-20H,10,12H2,1-2H3,(H,28,29)(H,30,31)/t19-,20-/m0/s1. The van der Waals surface area contributed by atoms with Crippen molar-refractivity contribution < 1.29 is 28.9 Å². The minimum atomic E-state index is -0.990. The molecular formula is C25H22FNO5. The first-order valence-corrected chi connectivity index (χ1v) is 10.2. The summed E-state index contributed by atoms with van der Waals surface area (Å²) in [5.41, 5.74) is 4.51. The second-order valence-electron chi connectivity index (χ2n) is 8.09. The maximum atomic E-state index is 14.4. The molecule has 1 saturated carbocycles. The van der Waals surface area contributed by atoms with E-state index in [0.29, 0.717) is 23.4 Å². The Labute approximate surface area is 184 Å². The van der Waals surface area contributed by atoms with Crippen LogP contribution in [0.15, 0.2) is 48.7 Å². The van der Waals surface area contributed by atoms with Crippen molar-refractivity contribution in [1.29, 1.82) is 0 Å². The number of carboxylic acids is 2. The van der Waals surface area contributed by atoms with Crippen LogP contribution in [0.25, 0.3) is 11.1 Å². The summed E-state index contributed by atoms with van der Waals surface area (Å²) in [5, 5.41) is 18.3. The van der Waals surface area contributed by atoms with Crippen LogP contribution < -0.4 is 4.74 Å². The zero-order valence-electron chi connectivity index (χ0n) is 17.6. The van der Waals surface area contributed by atoms with Crippen LogP contribution in [0.5, 0.6) is 5.75 Å². The molecular weight excluding hydrogens is 413 g/mol. The lowest BCUT2D eigenvalue weighted by atomic mass is 9.92. The molecule has 1 aliphatic carbocycles. The molecule has 0 spiro atoms. The number of nitrogens with zero attached hydrogens (tertiary/aromatic N) is 1. The van der Waals surface area contributed by atoms with E-state index >= 15 is 0 Å². The monoisotopic (exact) mass is 435 g/mol. The highest BCUT2D eigenvalue weighted by Gasteiger charge is 2.45. The molecule has 2 atom stereocenters. The van der Waals surface area contributed by atoms with Gasteiger partial charge in [-0.25, -0.2) is 9.18 Å². The second kappa shape index (κ2) is 8.42. The highest BCUT2D eigenvalue weighted by molar-refractivity contribution is 5.90. The molecule has 0 bridgehead atoms. The zero-order chi connectivity index (χ0) is 23.0. The van der Waals surface area contributed by atoms with Gasteiger partial charge in [0.1, 0.15) is 18.2 Å². The van der Waals surface area contributed by atoms with Crippen molar-refractivity contribution in [2.45, 2.75) is 32.8 Å². The summed E-state index contributed by atoms with van der Waals surface area (Å²) in [6.45, 7) is 3.65. The van der Waals surface area contributed by atoms with E-state index in [0.717, 1.165) is 22.3 Å². The maximum absolute atomic E-state index is 14.4. The third kappa shape index (κ3) is 4.32. The van der Waals surface area contributed by atoms with E-state index in [1.807, 2.05) is 13.8 Å². The van der Waals surface area contributed by atoms with Crippen LogP contribution in [0.1, 0.15) is 45.1 Å². The van der Waals surface area contributed by atoms with Gasteiger partial charge in [0.25, 0.3) is 0 Å². The Morgan fingerprint density at radius 1 is 1.09 bits per heavy atom. The summed E-state index contributed by atoms with van der Waals surface area (Å²) in [7, 11) is 0. The number of aromatic carboxylic acids is 1. The molecule has 0 radical (unpaired) electrons. The van der Waals surface area contributed by atoms with Crippen molar-refractivity contribution in [3.8, 4) is 16.9 Å². The maximum Gasteiger partial charge on any atom is 0.335 e. The van der Waals surface area contributed by atoms with Crippen LogP contribution in [0.3, 0.4) is 0 Å². The van der Waals surface area contributed by atoms with Gasteiger partial charge in [-0.1, -0.05) is 6.07 Å². The Kier molecular flexibility index (Phi) is 5.65. The van der Waals surface area contributed by atoms with Crippen LogP contribution in [-0.4, -0.2) is 27.1 Å². The number of ether oxygens (including phenoxy) is 1. The number of pyridine rings is 1. The predicted octanol–water partition coefficient (Wildman–Crippen LogP) is 4.97. The first kappa shape index (κ1) is 21.5. The number of hydrogen-bond acceptors (Lipinski definition) is 4. The van der Waals surface area contributed by atoms with Gasteiger partial charge in [0.15, 0.2) is 0 Å². The Bertz CT molecular complexity index is 1180. The van der Waals surface area contributed by atoms with Gasteiger partial charge in [-0.15, -0.1) is 0 Å². The summed E-state index contributed by atoms with van der Waals surface area (Å²) in [6, 6.07) is 11.4. The van der Waals surface area contributed by atoms with Crippen molar-refractivity contribution in [3.63, 3.8) is 0 Å². The van der Waals surface area contributed by atoms with E-state index in [4.69, 9.17) is 9.84 Å². The summed E-state index contributed by atoms with van der Waals surface area (Å²) < 4.78 is 20.1. The van der Waals surface area contributed by atoms with Gasteiger partial charge in [0, 0.05) is 17.2 Å². The number of aryl methyl sites for hydroxylation is 2. The molecule has 4 rings (SSSR count). The molecule has 2 aromatic carbocycles. The molecule has 6 nitrogen and oxygen atoms in total. The lowest BCUT2D eigenvalue weighted by Crippen LogP contribution is -2.02. The average Bonchev–Trinajstić information content (AvgIpc) is 3.55. The van der Waals surface area contributed by atoms with Gasteiger partial charge >= 0.3 is 11.9 Å². The normalized spacial score (nSPS) is 17.1. The summed E-state index contributed by atoms with van der Waals surface area (Å²) >= 11 is 0. The van der Waals surface area contributed by atoms with Crippen molar-refractivity contribution in [1.82, 2.24) is 4.98 Å². The van der Waals surface area contributed by atoms with Crippen LogP contribution in [0.4, 0.5) is 4.39 Å². The fourth-order valence-electron chi connectivity index (χ4n) is 4.04. The van der Waals surface area contributed by atoms with E-state index in [1.54, 1.807) is 36.4 Å². The number of aliphatic carboxylic acids is 1. The minimum absolute atomic E-state index is 0.00676. The Morgan fingerprint density at radius 3 is 2.38 bits per heavy atom. The molecule has 32 heavy (non-hydrogen) atoms. The molecule has 3 aromatic rings. The first-order chi connectivity index (χ1) is 15.2. The third-order valence-electron chi connectivity index (χ3n) is 5.76. The van der Waals surface area contributed by atoms with Crippen molar-refractivity contribution in [2.24, 2.45) is 5.92 Å². The van der Waals surface area contributed by atoms with Crippen LogP contribution >= 0.6 is 0 Å². The first-order valence-electron chi connectivity index (χ1n) is 10.2. The molecule has 0 saturated heterocycles. The smallest absolute Gasteiger partial charge is 0.335 e. The summed E-state index contributed by atoms with van der Waals surface area (Å²) in [6.07, 6.45) is 2.11. The van der Waals surface area contributed by atoms with E-state index in [1.165, 1.54) is 12.3 Å². The molecule has 1 heterocycles. The van der Waals surface area contributed by atoms with Gasteiger partial charge in [-0.05, 0) is 78.9 Å². The number of halogens is 1. The fraction of sp³-hybridized carbons (Fsp3) is 0.240. The average molecular weight is 435 g/mol. The van der Waals surface area contributed by atoms with Gasteiger partial charge in [-0.3, -0.25) is 9.78 Å². The molecule has 0 aliphatic heterocycles. The molecule has 7 heteroatoms. The van der Waals surface area contributed by atoms with Crippen LogP contribution in [0, 0.1) is 25.6 Å². The number of rotatable bonds is 7.